The van der Waals surface area contributed by atoms with Crippen molar-refractivity contribution in [2.24, 2.45) is 0 Å². The van der Waals surface area contributed by atoms with E-state index in [1.54, 1.807) is 15.6 Å². The summed E-state index contributed by atoms with van der Waals surface area (Å²) in [6.45, 7) is 3.81. The van der Waals surface area contributed by atoms with Gasteiger partial charge in [-0.05, 0) is 72.3 Å². The second-order valence-electron chi connectivity index (χ2n) is 6.24. The van der Waals surface area contributed by atoms with E-state index in [-0.39, 0.29) is 5.91 Å². The molecule has 0 spiro atoms. The molecule has 0 aliphatic heterocycles. The van der Waals surface area contributed by atoms with Gasteiger partial charge in [0, 0.05) is 10.2 Å². The van der Waals surface area contributed by atoms with E-state index in [0.29, 0.717) is 11.3 Å². The van der Waals surface area contributed by atoms with Gasteiger partial charge in [-0.15, -0.1) is 5.10 Å². The van der Waals surface area contributed by atoms with Crippen LogP contribution < -0.4 is 5.32 Å². The van der Waals surface area contributed by atoms with Gasteiger partial charge in [0.1, 0.15) is 6.33 Å². The van der Waals surface area contributed by atoms with Gasteiger partial charge < -0.3 is 5.32 Å². The highest BCUT2D eigenvalue weighted by Gasteiger charge is 2.16. The Balaban J connectivity index is 1.56. The van der Waals surface area contributed by atoms with Crippen molar-refractivity contribution in [2.75, 3.05) is 5.32 Å². The van der Waals surface area contributed by atoms with Crippen molar-refractivity contribution in [1.82, 2.24) is 30.0 Å². The second-order valence-corrected chi connectivity index (χ2v) is 7.16. The number of halogens is 1. The number of hydrogen-bond donors (Lipinski definition) is 1. The largest absolute Gasteiger partial charge is 0.322 e. The van der Waals surface area contributed by atoms with Gasteiger partial charge in [0.15, 0.2) is 0 Å². The highest BCUT2D eigenvalue weighted by atomic mass is 79.9. The maximum absolute atomic E-state index is 12.7. The van der Waals surface area contributed by atoms with Crippen molar-refractivity contribution in [3.05, 3.63) is 76.3 Å². The normalized spacial score (nSPS) is 10.8. The van der Waals surface area contributed by atoms with Gasteiger partial charge in [-0.1, -0.05) is 15.9 Å². The number of tetrazole rings is 1. The molecule has 4 aromatic rings. The third-order valence-corrected chi connectivity index (χ3v) is 4.90. The predicted molar refractivity (Wildman–Crippen MR) is 108 cm³/mol. The number of anilines is 1. The minimum absolute atomic E-state index is 0.213. The maximum atomic E-state index is 12.7. The van der Waals surface area contributed by atoms with Crippen LogP contribution in [0.2, 0.25) is 0 Å². The lowest BCUT2D eigenvalue weighted by Crippen LogP contribution is -2.13. The molecule has 8 nitrogen and oxygen atoms in total. The Kier molecular flexibility index (Phi) is 4.74. The predicted octanol–water partition coefficient (Wildman–Crippen LogP) is 3.48. The smallest absolute Gasteiger partial charge is 0.259 e. The summed E-state index contributed by atoms with van der Waals surface area (Å²) in [7, 11) is 0. The Bertz CT molecular complexity index is 1130. The molecule has 0 radical (unpaired) electrons. The van der Waals surface area contributed by atoms with E-state index >= 15 is 0 Å². The molecular weight excluding hydrogens is 422 g/mol. The quantitative estimate of drug-likeness (QED) is 0.527. The number of hydrogen-bond acceptors (Lipinski definition) is 5. The SMILES string of the molecule is Cc1cc(NC(=O)c2cnn(-c3ccc(Br)cc3)c2C)ccc1-n1cnnn1. The van der Waals surface area contributed by atoms with Gasteiger partial charge in [0.05, 0.1) is 28.8 Å². The molecule has 0 saturated carbocycles. The van der Waals surface area contributed by atoms with Gasteiger partial charge in [0.2, 0.25) is 0 Å². The van der Waals surface area contributed by atoms with Gasteiger partial charge in [0.25, 0.3) is 5.91 Å². The summed E-state index contributed by atoms with van der Waals surface area (Å²) < 4.78 is 4.31. The van der Waals surface area contributed by atoms with Gasteiger partial charge in [-0.25, -0.2) is 9.36 Å². The number of carbonyl (C=O) groups excluding carboxylic acids is 1. The summed E-state index contributed by atoms with van der Waals surface area (Å²) in [4.78, 5) is 12.7. The molecule has 1 N–H and O–H groups in total. The van der Waals surface area contributed by atoms with Crippen LogP contribution in [0, 0.1) is 13.8 Å². The molecule has 9 heteroatoms. The van der Waals surface area contributed by atoms with Crippen LogP contribution in [0.15, 0.2) is 59.5 Å². The number of rotatable bonds is 4. The van der Waals surface area contributed by atoms with Gasteiger partial charge in [-0.2, -0.15) is 5.10 Å². The molecule has 140 valence electrons. The Labute approximate surface area is 169 Å². The first-order valence-corrected chi connectivity index (χ1v) is 9.28. The zero-order chi connectivity index (χ0) is 19.7. The fraction of sp³-hybridized carbons (Fsp3) is 0.105. The van der Waals surface area contributed by atoms with Gasteiger partial charge in [-0.3, -0.25) is 4.79 Å². The summed E-state index contributed by atoms with van der Waals surface area (Å²) in [5, 5.41) is 18.5. The summed E-state index contributed by atoms with van der Waals surface area (Å²) in [6.07, 6.45) is 3.11. The van der Waals surface area contributed by atoms with E-state index in [4.69, 9.17) is 0 Å². The zero-order valence-electron chi connectivity index (χ0n) is 15.2. The fourth-order valence-corrected chi connectivity index (χ4v) is 3.20. The van der Waals surface area contributed by atoms with Gasteiger partial charge >= 0.3 is 0 Å². The van der Waals surface area contributed by atoms with Crippen LogP contribution in [-0.4, -0.2) is 35.9 Å². The molecule has 0 bridgehead atoms. The first-order valence-electron chi connectivity index (χ1n) is 8.49. The fourth-order valence-electron chi connectivity index (χ4n) is 2.94. The number of aryl methyl sites for hydroxylation is 1. The average molecular weight is 438 g/mol. The Morgan fingerprint density at radius 3 is 2.57 bits per heavy atom. The molecule has 0 aliphatic carbocycles. The van der Waals surface area contributed by atoms with Crippen molar-refractivity contribution in [3.63, 3.8) is 0 Å². The van der Waals surface area contributed by atoms with Crippen LogP contribution in [-0.2, 0) is 0 Å². The van der Waals surface area contributed by atoms with E-state index in [0.717, 1.165) is 27.1 Å². The number of nitrogens with one attached hydrogen (secondary N) is 1. The number of nitrogens with zero attached hydrogens (tertiary/aromatic N) is 6. The Morgan fingerprint density at radius 1 is 1.11 bits per heavy atom. The van der Waals surface area contributed by atoms with Crippen LogP contribution in [0.4, 0.5) is 5.69 Å². The summed E-state index contributed by atoms with van der Waals surface area (Å²) in [5.41, 5.74) is 4.65. The maximum Gasteiger partial charge on any atom is 0.259 e. The molecule has 0 aliphatic rings. The molecule has 0 atom stereocenters. The number of carbonyl (C=O) groups is 1. The van der Waals surface area contributed by atoms with Crippen molar-refractivity contribution in [2.45, 2.75) is 13.8 Å². The van der Waals surface area contributed by atoms with Crippen molar-refractivity contribution >= 4 is 27.5 Å². The molecule has 0 unspecified atom stereocenters. The van der Waals surface area contributed by atoms with Crippen molar-refractivity contribution < 1.29 is 4.79 Å². The lowest BCUT2D eigenvalue weighted by Gasteiger charge is -2.09. The lowest BCUT2D eigenvalue weighted by atomic mass is 10.1. The number of amides is 1. The van der Waals surface area contributed by atoms with E-state index in [2.05, 4.69) is 41.9 Å². The molecule has 0 saturated heterocycles. The highest BCUT2D eigenvalue weighted by molar-refractivity contribution is 9.10. The number of benzene rings is 2. The van der Waals surface area contributed by atoms with Crippen LogP contribution in [0.3, 0.4) is 0 Å². The third-order valence-electron chi connectivity index (χ3n) is 4.38. The van der Waals surface area contributed by atoms with Crippen molar-refractivity contribution in [3.8, 4) is 11.4 Å². The Morgan fingerprint density at radius 2 is 1.89 bits per heavy atom. The second kappa shape index (κ2) is 7.35. The van der Waals surface area contributed by atoms with Crippen molar-refractivity contribution in [1.29, 1.82) is 0 Å². The minimum atomic E-state index is -0.213. The molecule has 4 rings (SSSR count). The standard InChI is InChI=1S/C19H16BrN7O/c1-12-9-15(5-8-18(12)26-11-21-24-25-26)23-19(28)17-10-22-27(13(17)2)16-6-3-14(20)4-7-16/h3-11H,1-2H3,(H,23,28). The zero-order valence-corrected chi connectivity index (χ0v) is 16.8. The molecule has 0 fully saturated rings. The third kappa shape index (κ3) is 3.44. The van der Waals surface area contributed by atoms with E-state index in [9.17, 15) is 4.79 Å². The summed E-state index contributed by atoms with van der Waals surface area (Å²) in [6, 6.07) is 13.3. The molecule has 1 amide bonds. The monoisotopic (exact) mass is 437 g/mol. The van der Waals surface area contributed by atoms with E-state index in [1.165, 1.54) is 6.33 Å². The highest BCUT2D eigenvalue weighted by Crippen LogP contribution is 2.21. The van der Waals surface area contributed by atoms with Crippen LogP contribution in [0.5, 0.6) is 0 Å². The topological polar surface area (TPSA) is 90.5 Å². The molecule has 2 aromatic heterocycles. The minimum Gasteiger partial charge on any atom is -0.322 e. The Hall–Kier alpha value is -3.33. The molecular formula is C19H16BrN7O. The van der Waals surface area contributed by atoms with Crippen LogP contribution in [0.1, 0.15) is 21.6 Å². The average Bonchev–Trinajstić information content (AvgIpc) is 3.33. The summed E-state index contributed by atoms with van der Waals surface area (Å²) in [5.74, 6) is -0.213. The van der Waals surface area contributed by atoms with E-state index in [1.807, 2.05) is 56.3 Å². The van der Waals surface area contributed by atoms with Crippen LogP contribution in [0.25, 0.3) is 11.4 Å². The lowest BCUT2D eigenvalue weighted by molar-refractivity contribution is 0.102. The first kappa shape index (κ1) is 18.1. The van der Waals surface area contributed by atoms with E-state index < -0.39 is 0 Å². The molecule has 2 aromatic carbocycles. The summed E-state index contributed by atoms with van der Waals surface area (Å²) >= 11 is 3.42. The number of aromatic nitrogens is 6. The molecule has 2 heterocycles. The first-order chi connectivity index (χ1) is 13.5. The van der Waals surface area contributed by atoms with Crippen LogP contribution >= 0.6 is 15.9 Å². The molecule has 28 heavy (non-hydrogen) atoms.